The van der Waals surface area contributed by atoms with Gasteiger partial charge in [0.1, 0.15) is 0 Å². The third-order valence-electron chi connectivity index (χ3n) is 1.66. The highest BCUT2D eigenvalue weighted by atomic mass is 79.9. The Bertz CT molecular complexity index is 287. The lowest BCUT2D eigenvalue weighted by Gasteiger charge is -2.05. The van der Waals surface area contributed by atoms with Gasteiger partial charge in [-0.25, -0.2) is 8.78 Å². The molecule has 4 heteroatoms. The van der Waals surface area contributed by atoms with Gasteiger partial charge in [0, 0.05) is 15.4 Å². The number of aryl methyl sites for hydroxylation is 1. The molecule has 0 N–H and O–H groups in total. The van der Waals surface area contributed by atoms with Gasteiger partial charge in [0.25, 0.3) is 0 Å². The molecular weight excluding hydrogens is 306 g/mol. The van der Waals surface area contributed by atoms with Crippen LogP contribution in [0.3, 0.4) is 0 Å². The van der Waals surface area contributed by atoms with Crippen LogP contribution in [0.1, 0.15) is 12.0 Å². The Morgan fingerprint density at radius 1 is 1.23 bits per heavy atom. The molecule has 0 aliphatic rings. The summed E-state index contributed by atoms with van der Waals surface area (Å²) in [5.41, 5.74) is 0.912. The van der Waals surface area contributed by atoms with Gasteiger partial charge in [0.15, 0.2) is 0 Å². The maximum Gasteiger partial charge on any atom is 0.239 e. The van der Waals surface area contributed by atoms with Crippen molar-refractivity contribution in [3.63, 3.8) is 0 Å². The minimum absolute atomic E-state index is 0.0882. The number of benzene rings is 1. The van der Waals surface area contributed by atoms with Crippen molar-refractivity contribution in [3.8, 4) is 0 Å². The van der Waals surface area contributed by atoms with E-state index in [1.165, 1.54) is 0 Å². The quantitative estimate of drug-likeness (QED) is 0.775. The highest BCUT2D eigenvalue weighted by Gasteiger charge is 2.07. The topological polar surface area (TPSA) is 0 Å². The molecule has 1 aromatic rings. The summed E-state index contributed by atoms with van der Waals surface area (Å²) >= 11 is 6.66. The lowest BCUT2D eigenvalue weighted by molar-refractivity contribution is 0.138. The minimum Gasteiger partial charge on any atom is -0.211 e. The fraction of sp³-hybridized carbons (Fsp3) is 0.333. The molecule has 13 heavy (non-hydrogen) atoms. The van der Waals surface area contributed by atoms with E-state index >= 15 is 0 Å². The third-order valence-corrected chi connectivity index (χ3v) is 3.79. The van der Waals surface area contributed by atoms with Crippen LogP contribution < -0.4 is 0 Å². The molecule has 0 saturated carbocycles. The van der Waals surface area contributed by atoms with Crippen molar-refractivity contribution in [3.05, 3.63) is 32.7 Å². The van der Waals surface area contributed by atoms with Crippen LogP contribution in [0.5, 0.6) is 0 Å². The van der Waals surface area contributed by atoms with Gasteiger partial charge in [0.05, 0.1) is 0 Å². The fourth-order valence-corrected chi connectivity index (χ4v) is 1.88. The molecule has 0 amide bonds. The van der Waals surface area contributed by atoms with Crippen molar-refractivity contribution in [2.24, 2.45) is 0 Å². The van der Waals surface area contributed by atoms with Gasteiger partial charge >= 0.3 is 0 Å². The average Bonchev–Trinajstić information content (AvgIpc) is 2.07. The Balaban J connectivity index is 2.71. The first-order chi connectivity index (χ1) is 6.11. The Morgan fingerprint density at radius 2 is 1.92 bits per heavy atom. The summed E-state index contributed by atoms with van der Waals surface area (Å²) < 4.78 is 25.6. The molecule has 0 heterocycles. The number of hydrogen-bond acceptors (Lipinski definition) is 0. The second-order valence-corrected chi connectivity index (χ2v) is 4.29. The highest BCUT2D eigenvalue weighted by molar-refractivity contribution is 9.13. The van der Waals surface area contributed by atoms with Crippen LogP contribution >= 0.6 is 31.9 Å². The molecule has 0 aliphatic carbocycles. The second kappa shape index (κ2) is 5.05. The number of hydrogen-bond donors (Lipinski definition) is 0. The fourth-order valence-electron chi connectivity index (χ4n) is 1.01. The summed E-state index contributed by atoms with van der Waals surface area (Å²) in [5, 5.41) is 0. The van der Waals surface area contributed by atoms with Gasteiger partial charge in [-0.15, -0.1) is 0 Å². The number of rotatable bonds is 3. The van der Waals surface area contributed by atoms with E-state index in [2.05, 4.69) is 31.9 Å². The van der Waals surface area contributed by atoms with E-state index in [9.17, 15) is 8.78 Å². The van der Waals surface area contributed by atoms with Gasteiger partial charge in [-0.05, 0) is 49.9 Å². The molecule has 0 nitrogen and oxygen atoms in total. The van der Waals surface area contributed by atoms with Crippen molar-refractivity contribution < 1.29 is 8.78 Å². The first kappa shape index (κ1) is 11.1. The minimum atomic E-state index is -2.23. The van der Waals surface area contributed by atoms with Crippen LogP contribution in [-0.2, 0) is 6.42 Å². The maximum atomic E-state index is 11.9. The summed E-state index contributed by atoms with van der Waals surface area (Å²) in [4.78, 5) is 0. The molecule has 1 aromatic carbocycles. The highest BCUT2D eigenvalue weighted by Crippen LogP contribution is 2.27. The Labute approximate surface area is 92.6 Å². The molecule has 0 bridgehead atoms. The summed E-state index contributed by atoms with van der Waals surface area (Å²) in [5.74, 6) is 0. The molecular formula is C9H8Br2F2. The molecule has 0 saturated heterocycles. The molecule has 0 aromatic heterocycles. The van der Waals surface area contributed by atoms with Crippen molar-refractivity contribution >= 4 is 31.9 Å². The smallest absolute Gasteiger partial charge is 0.211 e. The molecule has 0 atom stereocenters. The zero-order valence-corrected chi connectivity index (χ0v) is 9.91. The van der Waals surface area contributed by atoms with Gasteiger partial charge in [0.2, 0.25) is 6.43 Å². The Morgan fingerprint density at radius 3 is 2.54 bits per heavy atom. The molecule has 0 spiro atoms. The predicted molar refractivity (Wildman–Crippen MR) is 56.2 cm³/mol. The van der Waals surface area contributed by atoms with E-state index in [4.69, 9.17) is 0 Å². The van der Waals surface area contributed by atoms with Crippen molar-refractivity contribution in [1.29, 1.82) is 0 Å². The van der Waals surface area contributed by atoms with E-state index in [1.54, 1.807) is 0 Å². The zero-order valence-electron chi connectivity index (χ0n) is 6.74. The summed E-state index contributed by atoms with van der Waals surface area (Å²) in [6, 6.07) is 5.56. The normalized spacial score (nSPS) is 10.8. The van der Waals surface area contributed by atoms with Crippen LogP contribution in [0.4, 0.5) is 8.78 Å². The van der Waals surface area contributed by atoms with Gasteiger partial charge in [-0.2, -0.15) is 0 Å². The van der Waals surface area contributed by atoms with E-state index in [0.717, 1.165) is 14.5 Å². The van der Waals surface area contributed by atoms with Gasteiger partial charge in [-0.3, -0.25) is 0 Å². The van der Waals surface area contributed by atoms with E-state index in [-0.39, 0.29) is 6.42 Å². The first-order valence-electron chi connectivity index (χ1n) is 3.82. The van der Waals surface area contributed by atoms with Gasteiger partial charge < -0.3 is 0 Å². The third kappa shape index (κ3) is 3.35. The molecule has 0 unspecified atom stereocenters. The van der Waals surface area contributed by atoms with Crippen molar-refractivity contribution in [2.45, 2.75) is 19.3 Å². The molecule has 0 aliphatic heterocycles. The van der Waals surface area contributed by atoms with Crippen LogP contribution in [0, 0.1) is 0 Å². The number of alkyl halides is 2. The largest absolute Gasteiger partial charge is 0.239 e. The van der Waals surface area contributed by atoms with Crippen LogP contribution in [0.2, 0.25) is 0 Å². The van der Waals surface area contributed by atoms with Gasteiger partial charge in [-0.1, -0.05) is 12.1 Å². The zero-order chi connectivity index (χ0) is 9.84. The van der Waals surface area contributed by atoms with Crippen molar-refractivity contribution in [2.75, 3.05) is 0 Å². The molecule has 1 rings (SSSR count). The Hall–Kier alpha value is 0.0400. The van der Waals surface area contributed by atoms with Crippen LogP contribution in [-0.4, -0.2) is 6.43 Å². The first-order valence-corrected chi connectivity index (χ1v) is 5.41. The van der Waals surface area contributed by atoms with Crippen LogP contribution in [0.25, 0.3) is 0 Å². The monoisotopic (exact) mass is 312 g/mol. The predicted octanol–water partition coefficient (Wildman–Crippen LogP) is 4.41. The van der Waals surface area contributed by atoms with E-state index in [0.29, 0.717) is 6.42 Å². The Kier molecular flexibility index (Phi) is 4.32. The maximum absolute atomic E-state index is 11.9. The van der Waals surface area contributed by atoms with Crippen LogP contribution in [0.15, 0.2) is 27.1 Å². The lowest BCUT2D eigenvalue weighted by atomic mass is 10.1. The SMILES string of the molecule is FC(F)CCc1cccc(Br)c1Br. The second-order valence-electron chi connectivity index (χ2n) is 2.64. The summed E-state index contributed by atoms with van der Waals surface area (Å²) in [6.45, 7) is 0. The summed E-state index contributed by atoms with van der Waals surface area (Å²) in [7, 11) is 0. The molecule has 72 valence electrons. The standard InChI is InChI=1S/C9H8Br2F2/c10-7-3-1-2-6(9(7)11)4-5-8(12)13/h1-3,8H,4-5H2. The molecule has 0 fully saturated rings. The van der Waals surface area contributed by atoms with E-state index < -0.39 is 6.43 Å². The average molecular weight is 314 g/mol. The summed E-state index contributed by atoms with van der Waals surface area (Å²) in [6.07, 6.45) is -1.92. The lowest BCUT2D eigenvalue weighted by Crippen LogP contribution is -1.95. The van der Waals surface area contributed by atoms with E-state index in [1.807, 2.05) is 18.2 Å². The molecule has 0 radical (unpaired) electrons. The van der Waals surface area contributed by atoms with Crippen molar-refractivity contribution in [1.82, 2.24) is 0 Å². The number of halogens is 4.